The zero-order valence-corrected chi connectivity index (χ0v) is 17.0. The molecule has 0 saturated carbocycles. The number of halogens is 4. The Morgan fingerprint density at radius 3 is 1.93 bits per heavy atom. The average molecular weight is 455 g/mol. The number of nitrogens with two attached hydrogens (primary N) is 1. The van der Waals surface area contributed by atoms with Crippen LogP contribution in [-0.4, -0.2) is 8.42 Å². The number of nitrogens with one attached hydrogen (secondary N) is 1. The zero-order chi connectivity index (χ0) is 21.9. The third kappa shape index (κ3) is 5.02. The first-order valence-corrected chi connectivity index (χ1v) is 10.7. The van der Waals surface area contributed by atoms with Crippen molar-refractivity contribution >= 4 is 21.6 Å². The molecular formula is C21H18ClF3N2O2S. The van der Waals surface area contributed by atoms with Gasteiger partial charge in [-0.2, -0.15) is 13.2 Å². The van der Waals surface area contributed by atoms with Crippen LogP contribution in [0.15, 0.2) is 83.8 Å². The van der Waals surface area contributed by atoms with Crippen LogP contribution in [0.5, 0.6) is 0 Å². The van der Waals surface area contributed by atoms with Crippen LogP contribution in [0, 0.1) is 0 Å². The van der Waals surface area contributed by atoms with Crippen molar-refractivity contribution in [1.82, 2.24) is 4.72 Å². The Morgan fingerprint density at radius 1 is 0.867 bits per heavy atom. The highest BCUT2D eigenvalue weighted by Gasteiger charge is 2.34. The van der Waals surface area contributed by atoms with Gasteiger partial charge in [0.05, 0.1) is 22.7 Å². The lowest BCUT2D eigenvalue weighted by Crippen LogP contribution is -2.36. The molecule has 0 heterocycles. The van der Waals surface area contributed by atoms with Crippen LogP contribution in [0.2, 0.25) is 5.02 Å². The third-order valence-electron chi connectivity index (χ3n) is 4.53. The van der Waals surface area contributed by atoms with E-state index in [1.807, 2.05) is 0 Å². The number of alkyl halides is 3. The molecule has 0 aromatic heterocycles. The van der Waals surface area contributed by atoms with Crippen molar-refractivity contribution < 1.29 is 21.6 Å². The van der Waals surface area contributed by atoms with Crippen LogP contribution in [-0.2, 0) is 16.2 Å². The number of rotatable bonds is 6. The summed E-state index contributed by atoms with van der Waals surface area (Å²) in [6.45, 7) is 0. The van der Waals surface area contributed by atoms with Crippen LogP contribution in [0.4, 0.5) is 13.2 Å². The number of benzene rings is 3. The molecule has 0 aliphatic heterocycles. The van der Waals surface area contributed by atoms with Gasteiger partial charge in [0, 0.05) is 0 Å². The molecule has 0 aliphatic rings. The van der Waals surface area contributed by atoms with Crippen LogP contribution in [0.1, 0.15) is 28.8 Å². The van der Waals surface area contributed by atoms with Crippen molar-refractivity contribution in [2.45, 2.75) is 23.2 Å². The summed E-state index contributed by atoms with van der Waals surface area (Å²) in [6.07, 6.45) is -4.71. The molecule has 0 bridgehead atoms. The van der Waals surface area contributed by atoms with Crippen LogP contribution in [0.25, 0.3) is 0 Å². The highest BCUT2D eigenvalue weighted by atomic mass is 35.5. The molecule has 3 aromatic rings. The van der Waals surface area contributed by atoms with Gasteiger partial charge in [0.25, 0.3) is 0 Å². The van der Waals surface area contributed by atoms with Gasteiger partial charge in [-0.05, 0) is 29.3 Å². The minimum Gasteiger partial charge on any atom is -0.322 e. The third-order valence-corrected chi connectivity index (χ3v) is 6.46. The minimum atomic E-state index is -4.71. The van der Waals surface area contributed by atoms with E-state index in [0.29, 0.717) is 17.2 Å². The molecule has 9 heteroatoms. The molecule has 0 spiro atoms. The molecule has 0 amide bonds. The van der Waals surface area contributed by atoms with Gasteiger partial charge in [-0.15, -0.1) is 0 Å². The van der Waals surface area contributed by atoms with Gasteiger partial charge < -0.3 is 5.73 Å². The predicted octanol–water partition coefficient (Wildman–Crippen LogP) is 5.08. The monoisotopic (exact) mass is 454 g/mol. The van der Waals surface area contributed by atoms with Gasteiger partial charge >= 0.3 is 6.18 Å². The molecule has 3 rings (SSSR count). The van der Waals surface area contributed by atoms with Crippen molar-refractivity contribution in [3.05, 3.63) is 101 Å². The Morgan fingerprint density at radius 2 is 1.40 bits per heavy atom. The molecule has 158 valence electrons. The zero-order valence-electron chi connectivity index (χ0n) is 15.5. The molecule has 30 heavy (non-hydrogen) atoms. The van der Waals surface area contributed by atoms with E-state index in [9.17, 15) is 21.6 Å². The van der Waals surface area contributed by atoms with Crippen molar-refractivity contribution in [2.75, 3.05) is 0 Å². The van der Waals surface area contributed by atoms with Crippen molar-refractivity contribution in [3.8, 4) is 0 Å². The van der Waals surface area contributed by atoms with E-state index in [2.05, 4.69) is 4.72 Å². The quantitative estimate of drug-likeness (QED) is 0.545. The lowest BCUT2D eigenvalue weighted by atomic mass is 9.95. The summed E-state index contributed by atoms with van der Waals surface area (Å²) in [5, 5.41) is -0.324. The second-order valence-corrected chi connectivity index (χ2v) is 8.68. The molecule has 0 unspecified atom stereocenters. The lowest BCUT2D eigenvalue weighted by Gasteiger charge is -2.26. The smallest absolute Gasteiger partial charge is 0.322 e. The summed E-state index contributed by atoms with van der Waals surface area (Å²) in [5.41, 5.74) is 6.45. The Kier molecular flexibility index (Phi) is 6.52. The molecule has 3 aromatic carbocycles. The van der Waals surface area contributed by atoms with Gasteiger partial charge in [-0.25, -0.2) is 13.1 Å². The Balaban J connectivity index is 2.04. The van der Waals surface area contributed by atoms with Gasteiger partial charge in [0.1, 0.15) is 4.90 Å². The molecule has 0 fully saturated rings. The second kappa shape index (κ2) is 8.77. The molecule has 2 atom stereocenters. The molecular weight excluding hydrogens is 437 g/mol. The van der Waals surface area contributed by atoms with Crippen molar-refractivity contribution in [1.29, 1.82) is 0 Å². The summed E-state index contributed by atoms with van der Waals surface area (Å²) in [4.78, 5) is -0.666. The van der Waals surface area contributed by atoms with Gasteiger partial charge in [0.15, 0.2) is 0 Å². The van der Waals surface area contributed by atoms with Crippen molar-refractivity contribution in [3.63, 3.8) is 0 Å². The minimum absolute atomic E-state index is 0.324. The molecule has 0 saturated heterocycles. The molecule has 0 aliphatic carbocycles. The first kappa shape index (κ1) is 22.3. The van der Waals surface area contributed by atoms with Gasteiger partial charge in [0.2, 0.25) is 10.0 Å². The van der Waals surface area contributed by atoms with Crippen molar-refractivity contribution in [2.24, 2.45) is 5.73 Å². The maximum absolute atomic E-state index is 13.1. The summed E-state index contributed by atoms with van der Waals surface area (Å²) < 4.78 is 67.8. The fourth-order valence-corrected chi connectivity index (χ4v) is 4.77. The van der Waals surface area contributed by atoms with E-state index in [1.54, 1.807) is 60.7 Å². The van der Waals surface area contributed by atoms with E-state index < -0.39 is 38.7 Å². The Labute approximate surface area is 177 Å². The summed E-state index contributed by atoms with van der Waals surface area (Å²) in [6, 6.07) is 17.8. The highest BCUT2D eigenvalue weighted by Crippen LogP contribution is 2.35. The second-order valence-electron chi connectivity index (χ2n) is 6.59. The fraction of sp³-hybridized carbons (Fsp3) is 0.143. The number of hydrogen-bond donors (Lipinski definition) is 2. The lowest BCUT2D eigenvalue weighted by molar-refractivity contribution is -0.137. The number of sulfonamides is 1. The van der Waals surface area contributed by atoms with E-state index in [1.165, 1.54) is 0 Å². The van der Waals surface area contributed by atoms with E-state index in [4.69, 9.17) is 17.3 Å². The maximum atomic E-state index is 13.1. The van der Waals surface area contributed by atoms with E-state index >= 15 is 0 Å². The maximum Gasteiger partial charge on any atom is 0.416 e. The standard InChI is InChI=1S/C21H18ClF3N2O2S/c22-17-12-11-16(21(23,24)25)13-18(17)30(28,29)27-20(15-9-5-2-6-10-15)19(26)14-7-3-1-4-8-14/h1-13,19-20,27H,26H2/t19-,20-/m0/s1. The fourth-order valence-electron chi connectivity index (χ4n) is 2.99. The first-order valence-electron chi connectivity index (χ1n) is 8.84. The largest absolute Gasteiger partial charge is 0.416 e. The van der Waals surface area contributed by atoms with Gasteiger partial charge in [-0.3, -0.25) is 0 Å². The van der Waals surface area contributed by atoms with Gasteiger partial charge in [-0.1, -0.05) is 72.3 Å². The highest BCUT2D eigenvalue weighted by molar-refractivity contribution is 7.89. The normalized spacial score (nSPS) is 14.3. The number of hydrogen-bond acceptors (Lipinski definition) is 3. The van der Waals surface area contributed by atoms with E-state index in [-0.39, 0.29) is 5.02 Å². The SMILES string of the molecule is N[C@@H](c1ccccc1)[C@@H](NS(=O)(=O)c1cc(C(F)(F)F)ccc1Cl)c1ccccc1. The Hall–Kier alpha value is -2.39. The molecule has 0 radical (unpaired) electrons. The Bertz CT molecular complexity index is 1110. The first-order chi connectivity index (χ1) is 14.1. The average Bonchev–Trinajstić information content (AvgIpc) is 2.72. The summed E-state index contributed by atoms with van der Waals surface area (Å²) in [7, 11) is -4.44. The summed E-state index contributed by atoms with van der Waals surface area (Å²) >= 11 is 5.94. The topological polar surface area (TPSA) is 72.2 Å². The van der Waals surface area contributed by atoms with Crippen LogP contribution < -0.4 is 10.5 Å². The molecule has 4 nitrogen and oxygen atoms in total. The van der Waals surface area contributed by atoms with Crippen LogP contribution in [0.3, 0.4) is 0 Å². The van der Waals surface area contributed by atoms with Crippen LogP contribution >= 0.6 is 11.6 Å². The molecule has 3 N–H and O–H groups in total. The van der Waals surface area contributed by atoms with E-state index in [0.717, 1.165) is 12.1 Å². The summed E-state index contributed by atoms with van der Waals surface area (Å²) in [5.74, 6) is 0. The predicted molar refractivity (Wildman–Crippen MR) is 109 cm³/mol.